The van der Waals surface area contributed by atoms with E-state index in [1.807, 2.05) is 0 Å². The van der Waals surface area contributed by atoms with Gasteiger partial charge in [0.1, 0.15) is 0 Å². The van der Waals surface area contributed by atoms with Crippen LogP contribution in [0.1, 0.15) is 58.2 Å². The van der Waals surface area contributed by atoms with E-state index in [1.54, 1.807) is 62.4 Å². The van der Waals surface area contributed by atoms with Gasteiger partial charge in [0.2, 0.25) is 0 Å². The quantitative estimate of drug-likeness (QED) is 0.383. The second-order valence-electron chi connectivity index (χ2n) is 10.6. The van der Waals surface area contributed by atoms with Gasteiger partial charge in [-0.2, -0.15) is 0 Å². The number of benzene rings is 2. The number of allylic oxidation sites excluding steroid dienone is 4. The Bertz CT molecular complexity index is 1410. The van der Waals surface area contributed by atoms with Gasteiger partial charge in [0.25, 0.3) is 11.8 Å². The minimum Gasteiger partial charge on any atom is -0.396 e. The summed E-state index contributed by atoms with van der Waals surface area (Å²) in [6.45, 7) is 3.59. The van der Waals surface area contributed by atoms with Gasteiger partial charge in [-0.3, -0.25) is 24.3 Å². The number of amides is 2. The molecule has 1 atom stereocenters. The number of carbonyl (C=O) groups is 3. The maximum atomic E-state index is 13.1. The van der Waals surface area contributed by atoms with Crippen molar-refractivity contribution in [2.45, 2.75) is 32.8 Å². The van der Waals surface area contributed by atoms with E-state index < -0.39 is 17.4 Å². The molecule has 0 spiro atoms. The molecule has 0 bridgehead atoms. The van der Waals surface area contributed by atoms with Crippen LogP contribution < -0.4 is 5.32 Å². The topological polar surface area (TPSA) is 119 Å². The van der Waals surface area contributed by atoms with Crippen molar-refractivity contribution in [1.82, 2.24) is 4.90 Å². The summed E-state index contributed by atoms with van der Waals surface area (Å²) >= 11 is 6.03. The fourth-order valence-corrected chi connectivity index (χ4v) is 5.08. The molecule has 0 unspecified atom stereocenters. The largest absolute Gasteiger partial charge is 0.396 e. The number of hydrogen-bond donors (Lipinski definition) is 3. The number of carbonyl (C=O) groups excluding carboxylic acids is 3. The predicted octanol–water partition coefficient (Wildman–Crippen LogP) is 3.88. The number of rotatable bonds is 6. The van der Waals surface area contributed by atoms with E-state index >= 15 is 0 Å². The summed E-state index contributed by atoms with van der Waals surface area (Å²) < 4.78 is 0. The lowest BCUT2D eigenvalue weighted by atomic mass is 9.93. The molecule has 0 aromatic heterocycles. The van der Waals surface area contributed by atoms with Crippen LogP contribution in [-0.4, -0.2) is 58.1 Å². The lowest BCUT2D eigenvalue weighted by Crippen LogP contribution is -2.39. The van der Waals surface area contributed by atoms with Crippen LogP contribution in [-0.2, 0) is 11.2 Å². The number of Topliss-reactive ketones (excluding diaryl/α,β-unsaturated/α-hetero) is 1. The van der Waals surface area contributed by atoms with Gasteiger partial charge in [-0.1, -0.05) is 43.7 Å². The van der Waals surface area contributed by atoms with Gasteiger partial charge in [-0.25, -0.2) is 0 Å². The molecule has 0 saturated heterocycles. The molecule has 0 fully saturated rings. The van der Waals surface area contributed by atoms with Crippen molar-refractivity contribution in [2.24, 2.45) is 10.4 Å². The normalized spacial score (nSPS) is 20.7. The minimum absolute atomic E-state index is 0.0499. The highest BCUT2D eigenvalue weighted by atomic mass is 35.5. The third kappa shape index (κ3) is 4.82. The molecule has 196 valence electrons. The van der Waals surface area contributed by atoms with Crippen LogP contribution in [0.2, 0.25) is 5.02 Å². The van der Waals surface area contributed by atoms with Crippen molar-refractivity contribution in [1.29, 1.82) is 0 Å². The van der Waals surface area contributed by atoms with Gasteiger partial charge in [0.05, 0.1) is 35.1 Å². The van der Waals surface area contributed by atoms with E-state index in [0.29, 0.717) is 50.8 Å². The monoisotopic (exact) mass is 533 g/mol. The summed E-state index contributed by atoms with van der Waals surface area (Å²) in [6, 6.07) is 10.3. The molecule has 1 aliphatic carbocycles. The molecule has 2 aromatic carbocycles. The summed E-state index contributed by atoms with van der Waals surface area (Å²) in [5.41, 5.74) is 3.66. The van der Waals surface area contributed by atoms with Crippen LogP contribution in [0.15, 0.2) is 64.8 Å². The molecule has 2 aromatic rings. The number of aliphatic hydroxyl groups is 2. The molecule has 0 radical (unpaired) electrons. The fraction of sp³-hybridized carbons (Fsp3) is 0.310. The first-order chi connectivity index (χ1) is 18.1. The van der Waals surface area contributed by atoms with E-state index in [1.165, 1.54) is 4.90 Å². The maximum Gasteiger partial charge on any atom is 0.261 e. The third-order valence-electron chi connectivity index (χ3n) is 6.95. The molecule has 8 nitrogen and oxygen atoms in total. The Morgan fingerprint density at radius 1 is 1.13 bits per heavy atom. The van der Waals surface area contributed by atoms with Gasteiger partial charge in [-0.15, -0.1) is 0 Å². The Morgan fingerprint density at radius 3 is 2.58 bits per heavy atom. The van der Waals surface area contributed by atoms with Gasteiger partial charge in [-0.05, 0) is 41.5 Å². The van der Waals surface area contributed by atoms with Gasteiger partial charge < -0.3 is 15.5 Å². The Labute approximate surface area is 225 Å². The predicted molar refractivity (Wildman–Crippen MR) is 145 cm³/mol. The lowest BCUT2D eigenvalue weighted by molar-refractivity contribution is -0.114. The summed E-state index contributed by atoms with van der Waals surface area (Å²) in [5, 5.41) is 24.0. The summed E-state index contributed by atoms with van der Waals surface area (Å²) in [6.07, 6.45) is 3.23. The van der Waals surface area contributed by atoms with Crippen molar-refractivity contribution in [3.8, 4) is 0 Å². The first-order valence-electron chi connectivity index (χ1n) is 12.4. The third-order valence-corrected chi connectivity index (χ3v) is 7.18. The molecule has 2 amide bonds. The highest BCUT2D eigenvalue weighted by molar-refractivity contribution is 6.30. The van der Waals surface area contributed by atoms with Crippen molar-refractivity contribution in [3.05, 3.63) is 87.1 Å². The summed E-state index contributed by atoms with van der Waals surface area (Å²) in [5.74, 6) is -0.883. The maximum absolute atomic E-state index is 13.1. The Hall–Kier alpha value is -3.59. The van der Waals surface area contributed by atoms with Crippen molar-refractivity contribution in [3.63, 3.8) is 0 Å². The Kier molecular flexibility index (Phi) is 6.81. The van der Waals surface area contributed by atoms with Crippen LogP contribution in [0, 0.1) is 5.41 Å². The minimum atomic E-state index is -0.884. The number of aliphatic hydroxyl groups excluding tert-OH is 2. The summed E-state index contributed by atoms with van der Waals surface area (Å²) in [4.78, 5) is 44.8. The van der Waals surface area contributed by atoms with E-state index in [-0.39, 0.29) is 37.8 Å². The number of hydrogen-bond acceptors (Lipinski definition) is 7. The first kappa shape index (κ1) is 26.0. The zero-order valence-electron chi connectivity index (χ0n) is 21.1. The van der Waals surface area contributed by atoms with Crippen molar-refractivity contribution in [2.75, 3.05) is 25.0 Å². The zero-order chi connectivity index (χ0) is 27.2. The average molecular weight is 534 g/mol. The number of nitrogens with zero attached hydrogens (tertiary/aromatic N) is 2. The number of halogens is 1. The molecule has 2 aliphatic heterocycles. The number of aliphatic imine (C=N–C) groups is 1. The molecule has 38 heavy (non-hydrogen) atoms. The second kappa shape index (κ2) is 9.94. The number of nitrogens with one attached hydrogen (secondary N) is 1. The van der Waals surface area contributed by atoms with Crippen LogP contribution in [0.3, 0.4) is 0 Å². The van der Waals surface area contributed by atoms with Crippen LogP contribution in [0.25, 0.3) is 0 Å². The standard InChI is InChI=1S/C29H28ClN3O5/c1-29(2,15-34)14-33-27(37)19-10-17-11-23(32-22(17)12-20(19)28(33)38)26-21(7-4-8-24(26)35)31-13-25(36)16-5-3-6-18(30)9-16/h3-7,9-10,12,25,32,34,36H,8,11,13-15H2,1-2H3/t25-/m1/s1. The SMILES string of the molecule is CC(C)(CO)CN1C(=O)c2cc3c(cc2C1=O)NC(=C1C(=O)CC=CC1=NC[C@@H](O)c1cccc(Cl)c1)C3. The number of anilines is 1. The zero-order valence-corrected chi connectivity index (χ0v) is 21.9. The fourth-order valence-electron chi connectivity index (χ4n) is 4.88. The number of ketones is 1. The molecular formula is C29H28ClN3O5. The first-order valence-corrected chi connectivity index (χ1v) is 12.8. The smallest absolute Gasteiger partial charge is 0.261 e. The Balaban J connectivity index is 1.42. The highest BCUT2D eigenvalue weighted by Crippen LogP contribution is 2.37. The number of imide groups is 1. The molecule has 2 heterocycles. The van der Waals surface area contributed by atoms with E-state index in [2.05, 4.69) is 10.3 Å². The molecule has 5 rings (SSSR count). The van der Waals surface area contributed by atoms with Crippen molar-refractivity contribution >= 4 is 40.6 Å². The van der Waals surface area contributed by atoms with E-state index in [9.17, 15) is 24.6 Å². The van der Waals surface area contributed by atoms with Crippen molar-refractivity contribution < 1.29 is 24.6 Å². The Morgan fingerprint density at radius 2 is 1.87 bits per heavy atom. The molecule has 3 aliphatic rings. The van der Waals surface area contributed by atoms with Gasteiger partial charge in [0.15, 0.2) is 5.78 Å². The average Bonchev–Trinajstić information content (AvgIpc) is 3.40. The highest BCUT2D eigenvalue weighted by Gasteiger charge is 2.40. The summed E-state index contributed by atoms with van der Waals surface area (Å²) in [7, 11) is 0. The second-order valence-corrected chi connectivity index (χ2v) is 11.0. The lowest BCUT2D eigenvalue weighted by Gasteiger charge is -2.26. The number of fused-ring (bicyclic) bond motifs is 2. The van der Waals surface area contributed by atoms with Gasteiger partial charge in [0, 0.05) is 47.8 Å². The molecule has 0 saturated carbocycles. The van der Waals surface area contributed by atoms with Crippen LogP contribution in [0.5, 0.6) is 0 Å². The molecule has 9 heteroatoms. The van der Waals surface area contributed by atoms with Crippen LogP contribution >= 0.6 is 11.6 Å². The molecule has 3 N–H and O–H groups in total. The van der Waals surface area contributed by atoms with E-state index in [4.69, 9.17) is 11.6 Å². The van der Waals surface area contributed by atoms with Gasteiger partial charge >= 0.3 is 0 Å². The van der Waals surface area contributed by atoms with E-state index in [0.717, 1.165) is 5.56 Å². The van der Waals surface area contributed by atoms with Crippen LogP contribution in [0.4, 0.5) is 5.69 Å². The molecular weight excluding hydrogens is 506 g/mol.